The molecule has 0 fully saturated rings. The van der Waals surface area contributed by atoms with Crippen LogP contribution in [0.5, 0.6) is 5.75 Å². The molecule has 0 aromatic heterocycles. The van der Waals surface area contributed by atoms with Gasteiger partial charge in [0.1, 0.15) is 5.75 Å². The SMILES string of the molecule is COC(=O)CC(C)SCc1cc(Br)ccc1OC. The summed E-state index contributed by atoms with van der Waals surface area (Å²) in [5.74, 6) is 1.51. The molecule has 1 aromatic rings. The Morgan fingerprint density at radius 1 is 1.44 bits per heavy atom. The number of benzene rings is 1. The van der Waals surface area contributed by atoms with Crippen LogP contribution in [0.3, 0.4) is 0 Å². The second kappa shape index (κ2) is 7.69. The lowest BCUT2D eigenvalue weighted by molar-refractivity contribution is -0.140. The number of rotatable bonds is 6. The lowest BCUT2D eigenvalue weighted by Crippen LogP contribution is -2.08. The molecule has 0 aliphatic carbocycles. The number of hydrogen-bond acceptors (Lipinski definition) is 4. The molecule has 18 heavy (non-hydrogen) atoms. The van der Waals surface area contributed by atoms with E-state index in [2.05, 4.69) is 20.7 Å². The Morgan fingerprint density at radius 2 is 2.17 bits per heavy atom. The second-order valence-corrected chi connectivity index (χ2v) is 6.20. The van der Waals surface area contributed by atoms with Crippen LogP contribution < -0.4 is 4.74 Å². The van der Waals surface area contributed by atoms with Gasteiger partial charge in [-0.2, -0.15) is 11.8 Å². The van der Waals surface area contributed by atoms with Gasteiger partial charge in [-0.25, -0.2) is 0 Å². The number of halogens is 1. The highest BCUT2D eigenvalue weighted by Crippen LogP contribution is 2.29. The highest BCUT2D eigenvalue weighted by molar-refractivity contribution is 9.10. The van der Waals surface area contributed by atoms with E-state index in [1.807, 2.05) is 25.1 Å². The first kappa shape index (κ1) is 15.4. The van der Waals surface area contributed by atoms with Crippen LogP contribution in [0.25, 0.3) is 0 Å². The minimum Gasteiger partial charge on any atom is -0.496 e. The maximum Gasteiger partial charge on any atom is 0.306 e. The largest absolute Gasteiger partial charge is 0.496 e. The third-order valence-corrected chi connectivity index (χ3v) is 4.15. The van der Waals surface area contributed by atoms with Gasteiger partial charge < -0.3 is 9.47 Å². The van der Waals surface area contributed by atoms with Crippen LogP contribution in [-0.2, 0) is 15.3 Å². The Balaban J connectivity index is 2.57. The van der Waals surface area contributed by atoms with Gasteiger partial charge in [0.25, 0.3) is 0 Å². The lowest BCUT2D eigenvalue weighted by Gasteiger charge is -2.12. The maximum atomic E-state index is 11.1. The van der Waals surface area contributed by atoms with E-state index in [1.54, 1.807) is 18.9 Å². The molecule has 0 heterocycles. The molecule has 1 unspecified atom stereocenters. The molecular formula is C13H17BrO3S. The summed E-state index contributed by atoms with van der Waals surface area (Å²) in [5, 5.41) is 0.223. The summed E-state index contributed by atoms with van der Waals surface area (Å²) in [6, 6.07) is 5.92. The number of esters is 1. The van der Waals surface area contributed by atoms with Crippen molar-refractivity contribution >= 4 is 33.7 Å². The molecule has 5 heteroatoms. The Labute approximate surface area is 120 Å². The molecule has 1 aromatic carbocycles. The predicted octanol–water partition coefficient (Wildman–Crippen LogP) is 3.64. The molecule has 0 bridgehead atoms. The molecule has 0 aliphatic heterocycles. The van der Waals surface area contributed by atoms with Gasteiger partial charge in [-0.15, -0.1) is 0 Å². The van der Waals surface area contributed by atoms with Crippen LogP contribution in [0.15, 0.2) is 22.7 Å². The van der Waals surface area contributed by atoms with Crippen molar-refractivity contribution in [2.75, 3.05) is 14.2 Å². The van der Waals surface area contributed by atoms with Gasteiger partial charge in [-0.1, -0.05) is 22.9 Å². The molecule has 0 saturated heterocycles. The summed E-state index contributed by atoms with van der Waals surface area (Å²) < 4.78 is 11.0. The number of thioether (sulfide) groups is 1. The first-order valence-corrected chi connectivity index (χ1v) is 7.41. The summed E-state index contributed by atoms with van der Waals surface area (Å²) in [6.07, 6.45) is 0.428. The molecule has 0 saturated carbocycles. The fraction of sp³-hybridized carbons (Fsp3) is 0.462. The zero-order valence-electron chi connectivity index (χ0n) is 10.7. The van der Waals surface area contributed by atoms with E-state index in [0.29, 0.717) is 6.42 Å². The fourth-order valence-electron chi connectivity index (χ4n) is 1.47. The van der Waals surface area contributed by atoms with Gasteiger partial charge >= 0.3 is 5.97 Å². The zero-order chi connectivity index (χ0) is 13.5. The van der Waals surface area contributed by atoms with Crippen LogP contribution in [-0.4, -0.2) is 25.4 Å². The summed E-state index contributed by atoms with van der Waals surface area (Å²) >= 11 is 5.15. The number of methoxy groups -OCH3 is 2. The van der Waals surface area contributed by atoms with Crippen molar-refractivity contribution < 1.29 is 14.3 Å². The van der Waals surface area contributed by atoms with Crippen LogP contribution in [0, 0.1) is 0 Å². The topological polar surface area (TPSA) is 35.5 Å². The average Bonchev–Trinajstić information content (AvgIpc) is 2.36. The third kappa shape index (κ3) is 4.90. The van der Waals surface area contributed by atoms with E-state index in [-0.39, 0.29) is 11.2 Å². The monoisotopic (exact) mass is 332 g/mol. The maximum absolute atomic E-state index is 11.1. The molecule has 1 rings (SSSR count). The van der Waals surface area contributed by atoms with E-state index in [4.69, 9.17) is 4.74 Å². The quantitative estimate of drug-likeness (QED) is 0.745. The van der Waals surface area contributed by atoms with Crippen molar-refractivity contribution in [3.05, 3.63) is 28.2 Å². The van der Waals surface area contributed by atoms with Gasteiger partial charge in [-0.05, 0) is 18.2 Å². The van der Waals surface area contributed by atoms with Crippen molar-refractivity contribution in [3.63, 3.8) is 0 Å². The van der Waals surface area contributed by atoms with E-state index in [9.17, 15) is 4.79 Å². The Bertz CT molecular complexity index is 409. The Hall–Kier alpha value is -0.680. The average molecular weight is 333 g/mol. The Morgan fingerprint density at radius 3 is 2.78 bits per heavy atom. The number of carbonyl (C=O) groups excluding carboxylic acids is 1. The molecule has 1 atom stereocenters. The molecule has 0 amide bonds. The first-order chi connectivity index (χ1) is 8.56. The van der Waals surface area contributed by atoms with Crippen LogP contribution >= 0.6 is 27.7 Å². The molecule has 0 spiro atoms. The van der Waals surface area contributed by atoms with Crippen LogP contribution in [0.1, 0.15) is 18.9 Å². The molecule has 3 nitrogen and oxygen atoms in total. The van der Waals surface area contributed by atoms with Gasteiger partial charge in [0.2, 0.25) is 0 Å². The van der Waals surface area contributed by atoms with E-state index in [1.165, 1.54) is 7.11 Å². The van der Waals surface area contributed by atoms with Crippen LogP contribution in [0.4, 0.5) is 0 Å². The van der Waals surface area contributed by atoms with Crippen molar-refractivity contribution in [3.8, 4) is 5.75 Å². The van der Waals surface area contributed by atoms with Gasteiger partial charge in [-0.3, -0.25) is 4.79 Å². The van der Waals surface area contributed by atoms with Crippen molar-refractivity contribution in [2.45, 2.75) is 24.3 Å². The van der Waals surface area contributed by atoms with Crippen molar-refractivity contribution in [1.29, 1.82) is 0 Å². The summed E-state index contributed by atoms with van der Waals surface area (Å²) in [6.45, 7) is 2.02. The van der Waals surface area contributed by atoms with E-state index < -0.39 is 0 Å². The second-order valence-electron chi connectivity index (χ2n) is 3.86. The molecule has 100 valence electrons. The minimum absolute atomic E-state index is 0.170. The van der Waals surface area contributed by atoms with E-state index in [0.717, 1.165) is 21.5 Å². The smallest absolute Gasteiger partial charge is 0.306 e. The molecular weight excluding hydrogens is 316 g/mol. The fourth-order valence-corrected chi connectivity index (χ4v) is 2.82. The standard InChI is InChI=1S/C13H17BrO3S/c1-9(6-13(15)17-3)18-8-10-7-11(14)4-5-12(10)16-2/h4-5,7,9H,6,8H2,1-3H3. The highest BCUT2D eigenvalue weighted by atomic mass is 79.9. The Kier molecular flexibility index (Phi) is 6.57. The van der Waals surface area contributed by atoms with Gasteiger partial charge in [0.05, 0.1) is 20.6 Å². The lowest BCUT2D eigenvalue weighted by atomic mass is 10.2. The first-order valence-electron chi connectivity index (χ1n) is 5.57. The molecule has 0 aliphatic rings. The number of ether oxygens (including phenoxy) is 2. The van der Waals surface area contributed by atoms with Crippen molar-refractivity contribution in [1.82, 2.24) is 0 Å². The highest BCUT2D eigenvalue weighted by Gasteiger charge is 2.11. The predicted molar refractivity (Wildman–Crippen MR) is 78.1 cm³/mol. The summed E-state index contributed by atoms with van der Waals surface area (Å²) in [7, 11) is 3.08. The normalized spacial score (nSPS) is 12.0. The molecule has 0 N–H and O–H groups in total. The van der Waals surface area contributed by atoms with Crippen LogP contribution in [0.2, 0.25) is 0 Å². The third-order valence-electron chi connectivity index (χ3n) is 2.45. The van der Waals surface area contributed by atoms with Crippen molar-refractivity contribution in [2.24, 2.45) is 0 Å². The number of carbonyl (C=O) groups is 1. The van der Waals surface area contributed by atoms with E-state index >= 15 is 0 Å². The van der Waals surface area contributed by atoms with Gasteiger partial charge in [0, 0.05) is 21.0 Å². The van der Waals surface area contributed by atoms with Gasteiger partial charge in [0.15, 0.2) is 0 Å². The summed E-state index contributed by atoms with van der Waals surface area (Å²) in [5.41, 5.74) is 1.12. The zero-order valence-corrected chi connectivity index (χ0v) is 13.1. The summed E-state index contributed by atoms with van der Waals surface area (Å²) in [4.78, 5) is 11.1. The molecule has 0 radical (unpaired) electrons. The minimum atomic E-state index is -0.170. The number of hydrogen-bond donors (Lipinski definition) is 0.